The van der Waals surface area contributed by atoms with E-state index in [9.17, 15) is 9.59 Å². The van der Waals surface area contributed by atoms with Crippen molar-refractivity contribution in [1.82, 2.24) is 5.32 Å². The zero-order valence-corrected chi connectivity index (χ0v) is 11.6. The normalized spacial score (nSPS) is 13.6. The predicted molar refractivity (Wildman–Crippen MR) is 66.3 cm³/mol. The minimum Gasteiger partial charge on any atom is -0.464 e. The van der Waals surface area contributed by atoms with Crippen LogP contribution < -0.4 is 5.32 Å². The van der Waals surface area contributed by atoms with Crippen molar-refractivity contribution in [3.8, 4) is 0 Å². The molecule has 0 aliphatic heterocycles. The summed E-state index contributed by atoms with van der Waals surface area (Å²) in [6.45, 7) is 6.21. The number of hydrogen-bond acceptors (Lipinski definition) is 5. The smallest absolute Gasteiger partial charge is 0.406 e. The van der Waals surface area contributed by atoms with Crippen LogP contribution >= 0.6 is 0 Å². The Hall–Kier alpha value is -1.30. The predicted octanol–water partition coefficient (Wildman–Crippen LogP) is 1.48. The fourth-order valence-electron chi connectivity index (χ4n) is 1.17. The van der Waals surface area contributed by atoms with E-state index >= 15 is 0 Å². The highest BCUT2D eigenvalue weighted by atomic mass is 16.6. The van der Waals surface area contributed by atoms with Gasteiger partial charge < -0.3 is 19.5 Å². The first-order valence-electron chi connectivity index (χ1n) is 6.13. The van der Waals surface area contributed by atoms with E-state index in [1.807, 2.05) is 13.8 Å². The van der Waals surface area contributed by atoms with E-state index in [0.717, 1.165) is 12.8 Å². The van der Waals surface area contributed by atoms with Crippen LogP contribution in [0.15, 0.2) is 0 Å². The number of hydrogen-bond donors (Lipinski definition) is 1. The summed E-state index contributed by atoms with van der Waals surface area (Å²) in [6, 6.07) is 0. The maximum absolute atomic E-state index is 11.9. The van der Waals surface area contributed by atoms with Gasteiger partial charge in [0.15, 0.2) is 5.60 Å². The van der Waals surface area contributed by atoms with Crippen LogP contribution in [0.4, 0.5) is 4.79 Å². The van der Waals surface area contributed by atoms with Crippen LogP contribution in [0.25, 0.3) is 0 Å². The number of ether oxygens (including phenoxy) is 3. The summed E-state index contributed by atoms with van der Waals surface area (Å²) in [7, 11) is 1.26. The quantitative estimate of drug-likeness (QED) is 0.670. The van der Waals surface area contributed by atoms with Crippen LogP contribution in [0.3, 0.4) is 0 Å². The molecule has 1 N–H and O–H groups in total. The zero-order chi connectivity index (χ0) is 14.0. The molecule has 0 rings (SSSR count). The molecule has 0 aliphatic carbocycles. The number of methoxy groups -OCH3 is 1. The van der Waals surface area contributed by atoms with E-state index in [1.165, 1.54) is 7.11 Å². The molecule has 0 saturated carbocycles. The van der Waals surface area contributed by atoms with E-state index in [-0.39, 0.29) is 6.54 Å². The van der Waals surface area contributed by atoms with Crippen LogP contribution in [0.2, 0.25) is 0 Å². The summed E-state index contributed by atoms with van der Waals surface area (Å²) in [5.41, 5.74) is -1.18. The monoisotopic (exact) mass is 261 g/mol. The Labute approximate surface area is 108 Å². The van der Waals surface area contributed by atoms with Gasteiger partial charge in [0.2, 0.25) is 0 Å². The Morgan fingerprint density at radius 2 is 1.78 bits per heavy atom. The van der Waals surface area contributed by atoms with Crippen molar-refractivity contribution in [2.75, 3.05) is 26.9 Å². The zero-order valence-electron chi connectivity index (χ0n) is 11.6. The Morgan fingerprint density at radius 3 is 2.28 bits per heavy atom. The van der Waals surface area contributed by atoms with Gasteiger partial charge in [-0.15, -0.1) is 0 Å². The second kappa shape index (κ2) is 8.74. The van der Waals surface area contributed by atoms with Gasteiger partial charge >= 0.3 is 12.1 Å². The molecule has 0 aromatic carbocycles. The standard InChI is InChI=1S/C12H23NO5/c1-5-7-17-10(14)12(3,18-8-6-2)9-13-11(15)16-4/h5-9H2,1-4H3,(H,13,15)/t12-/m0/s1. The van der Waals surface area contributed by atoms with Gasteiger partial charge in [0.25, 0.3) is 0 Å². The van der Waals surface area contributed by atoms with E-state index in [1.54, 1.807) is 6.92 Å². The minimum atomic E-state index is -1.18. The molecule has 0 heterocycles. The van der Waals surface area contributed by atoms with Crippen molar-refractivity contribution in [2.45, 2.75) is 39.2 Å². The van der Waals surface area contributed by atoms with E-state index < -0.39 is 17.7 Å². The van der Waals surface area contributed by atoms with Crippen molar-refractivity contribution >= 4 is 12.1 Å². The molecule has 0 unspecified atom stereocenters. The number of alkyl carbamates (subject to hydrolysis) is 1. The van der Waals surface area contributed by atoms with Crippen molar-refractivity contribution < 1.29 is 23.8 Å². The first-order chi connectivity index (χ1) is 8.50. The summed E-state index contributed by atoms with van der Waals surface area (Å²) >= 11 is 0. The van der Waals surface area contributed by atoms with Crippen molar-refractivity contribution in [3.63, 3.8) is 0 Å². The van der Waals surface area contributed by atoms with Crippen molar-refractivity contribution in [3.05, 3.63) is 0 Å². The van der Waals surface area contributed by atoms with Gasteiger partial charge in [-0.1, -0.05) is 13.8 Å². The maximum Gasteiger partial charge on any atom is 0.406 e. The van der Waals surface area contributed by atoms with Crippen molar-refractivity contribution in [2.24, 2.45) is 0 Å². The molecule has 0 fully saturated rings. The molecular weight excluding hydrogens is 238 g/mol. The minimum absolute atomic E-state index is 0.0161. The molecule has 1 atom stereocenters. The maximum atomic E-state index is 11.9. The number of nitrogens with one attached hydrogen (secondary N) is 1. The lowest BCUT2D eigenvalue weighted by atomic mass is 10.1. The van der Waals surface area contributed by atoms with E-state index in [0.29, 0.717) is 13.2 Å². The molecule has 0 aromatic heterocycles. The largest absolute Gasteiger partial charge is 0.464 e. The highest BCUT2D eigenvalue weighted by Gasteiger charge is 2.36. The Kier molecular flexibility index (Phi) is 8.11. The first kappa shape index (κ1) is 16.7. The summed E-state index contributed by atoms with van der Waals surface area (Å²) in [5, 5.41) is 2.45. The number of esters is 1. The lowest BCUT2D eigenvalue weighted by Gasteiger charge is -2.27. The van der Waals surface area contributed by atoms with Crippen molar-refractivity contribution in [1.29, 1.82) is 0 Å². The fraction of sp³-hybridized carbons (Fsp3) is 0.833. The number of carbonyl (C=O) groups excluding carboxylic acids is 2. The summed E-state index contributed by atoms with van der Waals surface area (Å²) in [4.78, 5) is 22.9. The SMILES string of the molecule is CCCOC(=O)[C@](C)(CNC(=O)OC)OCCC. The third-order valence-electron chi connectivity index (χ3n) is 2.25. The Bertz CT molecular complexity index is 269. The summed E-state index contributed by atoms with van der Waals surface area (Å²) in [5.74, 6) is -0.478. The highest BCUT2D eigenvalue weighted by molar-refractivity contribution is 5.80. The second-order valence-corrected chi connectivity index (χ2v) is 4.06. The molecule has 1 amide bonds. The number of amides is 1. The molecule has 0 spiro atoms. The molecule has 106 valence electrons. The highest BCUT2D eigenvalue weighted by Crippen LogP contribution is 2.13. The van der Waals surface area contributed by atoms with E-state index in [4.69, 9.17) is 9.47 Å². The molecule has 6 nitrogen and oxygen atoms in total. The lowest BCUT2D eigenvalue weighted by molar-refractivity contribution is -0.169. The van der Waals surface area contributed by atoms with Crippen LogP contribution in [-0.4, -0.2) is 44.5 Å². The van der Waals surface area contributed by atoms with Gasteiger partial charge in [0, 0.05) is 6.61 Å². The van der Waals surface area contributed by atoms with Gasteiger partial charge in [0.1, 0.15) is 0 Å². The Balaban J connectivity index is 4.49. The Morgan fingerprint density at radius 1 is 1.17 bits per heavy atom. The fourth-order valence-corrected chi connectivity index (χ4v) is 1.17. The van der Waals surface area contributed by atoms with E-state index in [2.05, 4.69) is 10.1 Å². The topological polar surface area (TPSA) is 73.9 Å². The molecule has 0 aromatic rings. The van der Waals surface area contributed by atoms with Gasteiger partial charge in [-0.3, -0.25) is 0 Å². The lowest BCUT2D eigenvalue weighted by Crippen LogP contribution is -2.50. The number of carbonyl (C=O) groups is 2. The molecular formula is C12H23NO5. The summed E-state index contributed by atoms with van der Waals surface area (Å²) in [6.07, 6.45) is 0.902. The van der Waals surface area contributed by atoms with Crippen LogP contribution in [0.1, 0.15) is 33.6 Å². The first-order valence-corrected chi connectivity index (χ1v) is 6.13. The van der Waals surface area contributed by atoms with Gasteiger partial charge in [-0.25, -0.2) is 9.59 Å². The average Bonchev–Trinajstić information content (AvgIpc) is 2.39. The molecule has 0 radical (unpaired) electrons. The third-order valence-corrected chi connectivity index (χ3v) is 2.25. The molecule has 0 saturated heterocycles. The van der Waals surface area contributed by atoms with Gasteiger partial charge in [-0.05, 0) is 19.8 Å². The molecule has 0 aliphatic rings. The van der Waals surface area contributed by atoms with Crippen LogP contribution in [-0.2, 0) is 19.0 Å². The average molecular weight is 261 g/mol. The van der Waals surface area contributed by atoms with Gasteiger partial charge in [0.05, 0.1) is 20.3 Å². The number of rotatable bonds is 8. The third kappa shape index (κ3) is 5.86. The van der Waals surface area contributed by atoms with Gasteiger partial charge in [-0.2, -0.15) is 0 Å². The van der Waals surface area contributed by atoms with Crippen LogP contribution in [0, 0.1) is 0 Å². The molecule has 0 bridgehead atoms. The summed E-state index contributed by atoms with van der Waals surface area (Å²) < 4.78 is 15.0. The molecule has 6 heteroatoms. The van der Waals surface area contributed by atoms with Crippen LogP contribution in [0.5, 0.6) is 0 Å². The molecule has 18 heavy (non-hydrogen) atoms. The second-order valence-electron chi connectivity index (χ2n) is 4.06.